The molecule has 1 saturated heterocycles. The number of hydrogen-bond donors (Lipinski definition) is 18. The number of aliphatic hydroxyl groups excluding tert-OH is 4. The van der Waals surface area contributed by atoms with E-state index >= 15 is 4.79 Å². The Morgan fingerprint density at radius 3 is 1.72 bits per heavy atom. The molecule has 506 valence electrons. The summed E-state index contributed by atoms with van der Waals surface area (Å²) in [5.41, 5.74) is 22.6. The number of guanidine groups is 1. The molecule has 0 spiro atoms. The van der Waals surface area contributed by atoms with Crippen molar-refractivity contribution >= 4 is 76.9 Å². The first-order valence-electron chi connectivity index (χ1n) is 30.1. The SMILES string of the molecule is CC[C@H](C)[C@@H]1NC(=O)C(CCCN=C(N)N)NC(=O)[C@H](CC(C)C)NC(=O)C([C@H](O)C(C)C)NC(=O)C(NC(=O)[C@H](CC(C)C)NC(=O)[C@H](N)CC(C)C)[C@@H](c2ccccc2)OC(=O)C(CO)NC(=O)[C@H]([C@H](O)C(N)=O)NC(=O)CNC(=O)[C@H]([C@H](C)O)NC1=O. The summed E-state index contributed by atoms with van der Waals surface area (Å²) in [5.74, 6) is -17.2. The number of benzene rings is 1. The number of cyclic esters (lactones) is 1. The van der Waals surface area contributed by atoms with Crippen LogP contribution in [-0.2, 0) is 62.3 Å². The minimum Gasteiger partial charge on any atom is -0.453 e. The van der Waals surface area contributed by atoms with Crippen LogP contribution in [0.3, 0.4) is 0 Å². The number of nitrogens with zero attached hydrogens (tertiary/aromatic N) is 1. The average molecular weight is 1280 g/mol. The van der Waals surface area contributed by atoms with Crippen molar-refractivity contribution in [3.8, 4) is 0 Å². The highest BCUT2D eigenvalue weighted by Gasteiger charge is 2.44. The summed E-state index contributed by atoms with van der Waals surface area (Å²) in [7, 11) is 0. The molecule has 0 bridgehead atoms. The van der Waals surface area contributed by atoms with Crippen LogP contribution in [0.1, 0.15) is 126 Å². The van der Waals surface area contributed by atoms with Gasteiger partial charge in [-0.1, -0.05) is 106 Å². The van der Waals surface area contributed by atoms with Crippen molar-refractivity contribution in [2.45, 2.75) is 200 Å². The number of aliphatic imine (C=N–C) groups is 1. The van der Waals surface area contributed by atoms with Crippen LogP contribution in [0.25, 0.3) is 0 Å². The van der Waals surface area contributed by atoms with Crippen molar-refractivity contribution in [1.29, 1.82) is 0 Å². The lowest BCUT2D eigenvalue weighted by molar-refractivity contribution is -0.159. The van der Waals surface area contributed by atoms with Crippen LogP contribution in [0.2, 0.25) is 0 Å². The van der Waals surface area contributed by atoms with Crippen LogP contribution in [0.5, 0.6) is 0 Å². The van der Waals surface area contributed by atoms with Gasteiger partial charge >= 0.3 is 5.97 Å². The Hall–Kier alpha value is -8.07. The van der Waals surface area contributed by atoms with Gasteiger partial charge in [0, 0.05) is 6.54 Å². The summed E-state index contributed by atoms with van der Waals surface area (Å²) in [6.07, 6.45) is -8.04. The third kappa shape index (κ3) is 25.4. The maximum atomic E-state index is 15.3. The van der Waals surface area contributed by atoms with E-state index in [0.717, 1.165) is 6.92 Å². The summed E-state index contributed by atoms with van der Waals surface area (Å²) in [5, 5.41) is 68.0. The van der Waals surface area contributed by atoms with Crippen LogP contribution in [0.4, 0.5) is 0 Å². The molecule has 2 rings (SSSR count). The monoisotopic (exact) mass is 1280 g/mol. The fraction of sp³-hybridized carbons (Fsp3) is 0.672. The zero-order valence-corrected chi connectivity index (χ0v) is 53.1. The number of rotatable bonds is 23. The number of carbonyl (C=O) groups is 12. The van der Waals surface area contributed by atoms with E-state index in [1.807, 2.05) is 24.5 Å². The first-order chi connectivity index (χ1) is 42.0. The molecular weight excluding hydrogens is 1180 g/mol. The molecule has 1 fully saturated rings. The van der Waals surface area contributed by atoms with Crippen molar-refractivity contribution in [3.63, 3.8) is 0 Å². The van der Waals surface area contributed by atoms with Gasteiger partial charge in [-0.25, -0.2) is 4.79 Å². The van der Waals surface area contributed by atoms with Crippen LogP contribution >= 0.6 is 0 Å². The first-order valence-corrected chi connectivity index (χ1v) is 30.1. The van der Waals surface area contributed by atoms with Crippen molar-refractivity contribution in [2.75, 3.05) is 19.7 Å². The molecule has 1 heterocycles. The molecule has 32 heteroatoms. The minimum atomic E-state index is -2.57. The molecule has 0 aromatic heterocycles. The van der Waals surface area contributed by atoms with E-state index in [0.29, 0.717) is 0 Å². The van der Waals surface area contributed by atoms with E-state index in [-0.39, 0.29) is 74.3 Å². The smallest absolute Gasteiger partial charge is 0.331 e. The average Bonchev–Trinajstić information content (AvgIpc) is 1.47. The van der Waals surface area contributed by atoms with Crippen molar-refractivity contribution in [2.24, 2.45) is 57.5 Å². The Labute approximate surface area is 523 Å². The maximum absolute atomic E-state index is 15.3. The van der Waals surface area contributed by atoms with Gasteiger partial charge in [-0.2, -0.15) is 0 Å². The van der Waals surface area contributed by atoms with Crippen molar-refractivity contribution in [3.05, 3.63) is 35.9 Å². The molecule has 0 radical (unpaired) electrons. The second kappa shape index (κ2) is 37.8. The molecule has 1 aromatic carbocycles. The second-order valence-electron chi connectivity index (χ2n) is 24.1. The number of carbonyl (C=O) groups excluding carboxylic acids is 12. The third-order valence-electron chi connectivity index (χ3n) is 14.4. The van der Waals surface area contributed by atoms with E-state index in [4.69, 9.17) is 27.7 Å². The summed E-state index contributed by atoms with van der Waals surface area (Å²) in [6.45, 7) is 15.3. The topological polar surface area (TPSA) is 532 Å². The molecule has 22 N–H and O–H groups in total. The quantitative estimate of drug-likeness (QED) is 0.0210. The number of hydrogen-bond acceptors (Lipinski definition) is 19. The lowest BCUT2D eigenvalue weighted by Crippen LogP contribution is -2.64. The van der Waals surface area contributed by atoms with Gasteiger partial charge in [0.15, 0.2) is 24.2 Å². The Kier molecular flexibility index (Phi) is 32.8. The minimum absolute atomic E-state index is 0.0466. The standard InChI is InChI=1S/C58H97N15O17/c1-12-30(10)39-53(85)71-40(31(11)75)52(84)64-24-38(76)69-42(45(78)47(60)79)55(87)68-37(25-74)57(89)90-46(32-17-14-13-15-18-32)43(73-51(83)36(23-28(6)7)66-48(80)33(59)21-26(2)3)56(88)72-41(44(77)29(8)9)54(86)67-35(22-27(4)5)50(82)65-34(49(81)70-39)19-16-20-63-58(61)62/h13-15,17-18,26-31,33-37,39-46,74-75,77-78H,12,16,19-25,59H2,1-11H3,(H2,60,79)(H,64,84)(H,65,82)(H,66,80)(H,67,86)(H,68,87)(H,69,76)(H,70,81)(H,71,85)(H,72,88)(H,73,83)(H4,61,62,63)/t30-,31-,33+,34?,35-,36-,37?,39-,40-,41?,42-,43?,44+,45-,46+/m0/s1. The van der Waals surface area contributed by atoms with Gasteiger partial charge in [0.2, 0.25) is 65.0 Å². The molecule has 32 nitrogen and oxygen atoms in total. The Balaban J connectivity index is 3.13. The van der Waals surface area contributed by atoms with Gasteiger partial charge in [0.25, 0.3) is 0 Å². The third-order valence-corrected chi connectivity index (χ3v) is 14.4. The number of ether oxygens (including phenoxy) is 1. The summed E-state index contributed by atoms with van der Waals surface area (Å²) >= 11 is 0. The van der Waals surface area contributed by atoms with E-state index in [1.54, 1.807) is 41.5 Å². The Bertz CT molecular complexity index is 2640. The maximum Gasteiger partial charge on any atom is 0.331 e. The van der Waals surface area contributed by atoms with E-state index in [2.05, 4.69) is 47.5 Å². The summed E-state index contributed by atoms with van der Waals surface area (Å²) in [4.78, 5) is 174. The van der Waals surface area contributed by atoms with Crippen LogP contribution in [0.15, 0.2) is 35.3 Å². The molecule has 15 atom stereocenters. The summed E-state index contributed by atoms with van der Waals surface area (Å²) < 4.78 is 5.92. The number of nitrogens with one attached hydrogen (secondary N) is 10. The van der Waals surface area contributed by atoms with Crippen LogP contribution < -0.4 is 76.1 Å². The molecule has 1 aromatic rings. The molecule has 0 saturated carbocycles. The highest BCUT2D eigenvalue weighted by Crippen LogP contribution is 2.25. The zero-order chi connectivity index (χ0) is 68.4. The predicted molar refractivity (Wildman–Crippen MR) is 326 cm³/mol. The summed E-state index contributed by atoms with van der Waals surface area (Å²) in [6, 6.07) is -10.7. The largest absolute Gasteiger partial charge is 0.453 e. The predicted octanol–water partition coefficient (Wildman–Crippen LogP) is -5.43. The molecular formula is C58H97N15O17. The highest BCUT2D eigenvalue weighted by molar-refractivity contribution is 6.00. The zero-order valence-electron chi connectivity index (χ0n) is 53.1. The van der Waals surface area contributed by atoms with E-state index in [9.17, 15) is 73.2 Å². The number of amides is 11. The van der Waals surface area contributed by atoms with Gasteiger partial charge < -0.3 is 101 Å². The van der Waals surface area contributed by atoms with Crippen molar-refractivity contribution in [1.82, 2.24) is 53.2 Å². The number of nitrogens with two attached hydrogens (primary N) is 4. The molecule has 4 unspecified atom stereocenters. The second-order valence-corrected chi connectivity index (χ2v) is 24.1. The lowest BCUT2D eigenvalue weighted by Gasteiger charge is -2.34. The molecule has 90 heavy (non-hydrogen) atoms. The number of esters is 1. The Morgan fingerprint density at radius 2 is 1.19 bits per heavy atom. The highest BCUT2D eigenvalue weighted by atomic mass is 16.5. The van der Waals surface area contributed by atoms with Crippen LogP contribution in [-0.4, -0.2) is 196 Å². The van der Waals surface area contributed by atoms with Crippen molar-refractivity contribution < 1.29 is 82.7 Å². The lowest BCUT2D eigenvalue weighted by atomic mass is 9.95. The molecule has 11 amide bonds. The fourth-order valence-electron chi connectivity index (χ4n) is 9.25. The number of primary amides is 1. The Morgan fingerprint density at radius 1 is 0.644 bits per heavy atom. The van der Waals surface area contributed by atoms with Gasteiger partial charge in [0.1, 0.15) is 48.3 Å². The molecule has 0 aliphatic carbocycles. The van der Waals surface area contributed by atoms with Gasteiger partial charge in [-0.15, -0.1) is 0 Å². The van der Waals surface area contributed by atoms with Gasteiger partial charge in [-0.3, -0.25) is 57.7 Å². The number of aliphatic hydroxyl groups is 4. The van der Waals surface area contributed by atoms with Gasteiger partial charge in [-0.05, 0) is 74.2 Å². The van der Waals surface area contributed by atoms with Gasteiger partial charge in [0.05, 0.1) is 31.4 Å². The van der Waals surface area contributed by atoms with E-state index in [1.165, 1.54) is 44.2 Å². The first kappa shape index (κ1) is 78.0. The van der Waals surface area contributed by atoms with E-state index < -0.39 is 181 Å². The normalized spacial score (nSPS) is 24.7. The molecule has 1 aliphatic heterocycles. The molecule has 1 aliphatic rings. The fourth-order valence-corrected chi connectivity index (χ4v) is 9.25. The van der Waals surface area contributed by atoms with Crippen LogP contribution in [0, 0.1) is 29.6 Å².